The third-order valence-corrected chi connectivity index (χ3v) is 4.65. The van der Waals surface area contributed by atoms with E-state index in [-0.39, 0.29) is 5.91 Å². The highest BCUT2D eigenvalue weighted by Gasteiger charge is 2.08. The molecule has 146 valence electrons. The van der Waals surface area contributed by atoms with Crippen molar-refractivity contribution in [3.63, 3.8) is 0 Å². The number of hydrogen-bond donors (Lipinski definition) is 2. The Morgan fingerprint density at radius 1 is 1.11 bits per heavy atom. The molecule has 5 heteroatoms. The molecule has 1 amide bonds. The van der Waals surface area contributed by atoms with Crippen LogP contribution in [0.4, 0.5) is 11.4 Å². The van der Waals surface area contributed by atoms with Gasteiger partial charge >= 0.3 is 0 Å². The molecule has 2 aromatic rings. The van der Waals surface area contributed by atoms with Gasteiger partial charge in [0, 0.05) is 49.5 Å². The second-order valence-electron chi connectivity index (χ2n) is 6.46. The zero-order valence-corrected chi connectivity index (χ0v) is 16.8. The fourth-order valence-electron chi connectivity index (χ4n) is 3.06. The highest BCUT2D eigenvalue weighted by atomic mass is 16.5. The summed E-state index contributed by atoms with van der Waals surface area (Å²) in [6.07, 6.45) is 0.423. The van der Waals surface area contributed by atoms with Crippen LogP contribution in [0.5, 0.6) is 5.75 Å². The molecule has 27 heavy (non-hydrogen) atoms. The monoisotopic (exact) mass is 369 g/mol. The number of rotatable bonds is 10. The SMILES string of the molecule is CCN(CC)c1ccc(NC(=O)CCNCc2ccccc2OC)c(C)c1. The van der Waals surface area contributed by atoms with Crippen molar-refractivity contribution in [3.05, 3.63) is 53.6 Å². The van der Waals surface area contributed by atoms with Crippen molar-refractivity contribution in [2.75, 3.05) is 37.0 Å². The lowest BCUT2D eigenvalue weighted by Gasteiger charge is -2.22. The molecule has 0 aliphatic carbocycles. The molecule has 0 atom stereocenters. The van der Waals surface area contributed by atoms with Crippen molar-refractivity contribution in [3.8, 4) is 5.75 Å². The summed E-state index contributed by atoms with van der Waals surface area (Å²) in [5.74, 6) is 0.875. The molecule has 0 bridgehead atoms. The quantitative estimate of drug-likeness (QED) is 0.622. The van der Waals surface area contributed by atoms with Crippen LogP contribution in [0.2, 0.25) is 0 Å². The van der Waals surface area contributed by atoms with E-state index in [1.54, 1.807) is 7.11 Å². The first-order valence-corrected chi connectivity index (χ1v) is 9.57. The summed E-state index contributed by atoms with van der Waals surface area (Å²) in [5, 5.41) is 6.31. The Balaban J connectivity index is 1.82. The van der Waals surface area contributed by atoms with Gasteiger partial charge in [-0.1, -0.05) is 18.2 Å². The van der Waals surface area contributed by atoms with Crippen LogP contribution in [0.1, 0.15) is 31.4 Å². The minimum atomic E-state index is 0.0150. The van der Waals surface area contributed by atoms with Crippen LogP contribution in [0, 0.1) is 6.92 Å². The van der Waals surface area contributed by atoms with Crippen molar-refractivity contribution in [2.45, 2.75) is 33.7 Å². The first-order chi connectivity index (χ1) is 13.1. The van der Waals surface area contributed by atoms with Crippen molar-refractivity contribution in [1.29, 1.82) is 0 Å². The van der Waals surface area contributed by atoms with E-state index >= 15 is 0 Å². The Bertz CT molecular complexity index is 742. The van der Waals surface area contributed by atoms with Crippen molar-refractivity contribution in [2.24, 2.45) is 0 Å². The second kappa shape index (κ2) is 10.6. The highest BCUT2D eigenvalue weighted by Crippen LogP contribution is 2.22. The molecule has 0 heterocycles. The Kier molecular flexibility index (Phi) is 8.14. The molecule has 0 fully saturated rings. The number of ether oxygens (including phenoxy) is 1. The second-order valence-corrected chi connectivity index (χ2v) is 6.46. The van der Waals surface area contributed by atoms with E-state index in [4.69, 9.17) is 4.74 Å². The number of carbonyl (C=O) groups is 1. The number of methoxy groups -OCH3 is 1. The van der Waals surface area contributed by atoms with Crippen LogP contribution in [0.3, 0.4) is 0 Å². The van der Waals surface area contributed by atoms with Crippen molar-refractivity contribution in [1.82, 2.24) is 5.32 Å². The third-order valence-electron chi connectivity index (χ3n) is 4.65. The maximum Gasteiger partial charge on any atom is 0.225 e. The number of nitrogens with one attached hydrogen (secondary N) is 2. The minimum Gasteiger partial charge on any atom is -0.496 e. The fraction of sp³-hybridized carbons (Fsp3) is 0.409. The lowest BCUT2D eigenvalue weighted by atomic mass is 10.1. The molecule has 0 aromatic heterocycles. The molecule has 2 rings (SSSR count). The molecule has 0 radical (unpaired) electrons. The standard InChI is InChI=1S/C22H31N3O2/c1-5-25(6-2)19-11-12-20(17(3)15-19)24-22(26)13-14-23-16-18-9-7-8-10-21(18)27-4/h7-12,15,23H,5-6,13-14,16H2,1-4H3,(H,24,26). The number of hydrogen-bond acceptors (Lipinski definition) is 4. The molecule has 2 N–H and O–H groups in total. The number of nitrogens with zero attached hydrogens (tertiary/aromatic N) is 1. The van der Waals surface area contributed by atoms with E-state index in [0.717, 1.165) is 35.7 Å². The zero-order valence-electron chi connectivity index (χ0n) is 16.8. The number of anilines is 2. The zero-order chi connectivity index (χ0) is 19.6. The summed E-state index contributed by atoms with van der Waals surface area (Å²) in [7, 11) is 1.67. The van der Waals surface area contributed by atoms with Gasteiger partial charge in [0.05, 0.1) is 7.11 Å². The number of amides is 1. The van der Waals surface area contributed by atoms with E-state index in [2.05, 4.69) is 41.5 Å². The number of benzene rings is 2. The Hall–Kier alpha value is -2.53. The predicted molar refractivity (Wildman–Crippen MR) is 113 cm³/mol. The van der Waals surface area contributed by atoms with Gasteiger partial charge in [-0.2, -0.15) is 0 Å². The van der Waals surface area contributed by atoms with Crippen LogP contribution in [-0.4, -0.2) is 32.7 Å². The first kappa shape index (κ1) is 20.8. The molecule has 0 spiro atoms. The number of para-hydroxylation sites is 1. The normalized spacial score (nSPS) is 10.5. The largest absolute Gasteiger partial charge is 0.496 e. The summed E-state index contributed by atoms with van der Waals surface area (Å²) in [4.78, 5) is 14.5. The van der Waals surface area contributed by atoms with Gasteiger partial charge in [0.1, 0.15) is 5.75 Å². The van der Waals surface area contributed by atoms with E-state index in [1.807, 2.05) is 37.3 Å². The average molecular weight is 370 g/mol. The highest BCUT2D eigenvalue weighted by molar-refractivity contribution is 5.91. The molecule has 0 unspecified atom stereocenters. The molecular formula is C22H31N3O2. The first-order valence-electron chi connectivity index (χ1n) is 9.57. The summed E-state index contributed by atoms with van der Waals surface area (Å²) < 4.78 is 5.34. The lowest BCUT2D eigenvalue weighted by molar-refractivity contribution is -0.116. The smallest absolute Gasteiger partial charge is 0.225 e. The Morgan fingerprint density at radius 2 is 1.85 bits per heavy atom. The van der Waals surface area contributed by atoms with Gasteiger partial charge in [-0.05, 0) is 50.6 Å². The molecular weight excluding hydrogens is 338 g/mol. The van der Waals surface area contributed by atoms with Gasteiger partial charge in [0.2, 0.25) is 5.91 Å². The van der Waals surface area contributed by atoms with Crippen LogP contribution >= 0.6 is 0 Å². The third kappa shape index (κ3) is 6.00. The Morgan fingerprint density at radius 3 is 2.52 bits per heavy atom. The van der Waals surface area contributed by atoms with Gasteiger partial charge in [-0.15, -0.1) is 0 Å². The fourth-order valence-corrected chi connectivity index (χ4v) is 3.06. The number of aryl methyl sites for hydroxylation is 1. The predicted octanol–water partition coefficient (Wildman–Crippen LogP) is 3.97. The lowest BCUT2D eigenvalue weighted by Crippen LogP contribution is -2.23. The van der Waals surface area contributed by atoms with Gasteiger partial charge in [0.15, 0.2) is 0 Å². The topological polar surface area (TPSA) is 53.6 Å². The molecule has 5 nitrogen and oxygen atoms in total. The number of carbonyl (C=O) groups excluding carboxylic acids is 1. The summed E-state index contributed by atoms with van der Waals surface area (Å²) in [5.41, 5.74) is 4.23. The average Bonchev–Trinajstić information content (AvgIpc) is 2.68. The minimum absolute atomic E-state index is 0.0150. The van der Waals surface area contributed by atoms with E-state index in [1.165, 1.54) is 5.69 Å². The van der Waals surface area contributed by atoms with Crippen LogP contribution in [0.15, 0.2) is 42.5 Å². The van der Waals surface area contributed by atoms with Crippen molar-refractivity contribution < 1.29 is 9.53 Å². The van der Waals surface area contributed by atoms with E-state index < -0.39 is 0 Å². The van der Waals surface area contributed by atoms with Gasteiger partial charge in [0.25, 0.3) is 0 Å². The van der Waals surface area contributed by atoms with Crippen LogP contribution in [-0.2, 0) is 11.3 Å². The van der Waals surface area contributed by atoms with E-state index in [9.17, 15) is 4.79 Å². The molecule has 0 aliphatic rings. The van der Waals surface area contributed by atoms with E-state index in [0.29, 0.717) is 19.5 Å². The molecule has 0 saturated heterocycles. The van der Waals surface area contributed by atoms with Gasteiger partial charge < -0.3 is 20.3 Å². The molecule has 2 aromatic carbocycles. The van der Waals surface area contributed by atoms with Crippen LogP contribution in [0.25, 0.3) is 0 Å². The molecule has 0 saturated carbocycles. The summed E-state index contributed by atoms with van der Waals surface area (Å²) in [6, 6.07) is 14.1. The van der Waals surface area contributed by atoms with Gasteiger partial charge in [-0.25, -0.2) is 0 Å². The van der Waals surface area contributed by atoms with Crippen molar-refractivity contribution >= 4 is 17.3 Å². The maximum absolute atomic E-state index is 12.2. The molecule has 0 aliphatic heterocycles. The maximum atomic E-state index is 12.2. The Labute approximate surface area is 162 Å². The van der Waals surface area contributed by atoms with Crippen LogP contribution < -0.4 is 20.3 Å². The summed E-state index contributed by atoms with van der Waals surface area (Å²) >= 11 is 0. The summed E-state index contributed by atoms with van der Waals surface area (Å²) in [6.45, 7) is 9.55. The van der Waals surface area contributed by atoms with Gasteiger partial charge in [-0.3, -0.25) is 4.79 Å².